The Morgan fingerprint density at radius 1 is 0.739 bits per heavy atom. The molecular formula is C23H32. The predicted molar refractivity (Wildman–Crippen MR) is 111 cm³/mol. The molecule has 0 aliphatic rings. The first-order valence-electron chi connectivity index (χ1n) is 8.67. The average molecular weight is 309 g/mol. The first-order valence-corrected chi connectivity index (χ1v) is 8.67. The molecule has 0 radical (unpaired) electrons. The fourth-order valence-corrected chi connectivity index (χ4v) is 2.64. The molecule has 23 heavy (non-hydrogen) atoms. The Labute approximate surface area is 143 Å². The minimum absolute atomic E-state index is 1.23. The van der Waals surface area contributed by atoms with Crippen molar-refractivity contribution in [1.82, 2.24) is 0 Å². The van der Waals surface area contributed by atoms with Crippen LogP contribution in [-0.2, 0) is 0 Å². The summed E-state index contributed by atoms with van der Waals surface area (Å²) >= 11 is 0. The molecule has 0 amide bonds. The zero-order valence-corrected chi connectivity index (χ0v) is 15.9. The summed E-state index contributed by atoms with van der Waals surface area (Å²) in [6.07, 6.45) is 10.5. The monoisotopic (exact) mass is 308 g/mol. The molecule has 0 heterocycles. The molecule has 0 aliphatic carbocycles. The second-order valence-corrected chi connectivity index (χ2v) is 4.62. The van der Waals surface area contributed by atoms with E-state index in [-0.39, 0.29) is 0 Å². The van der Waals surface area contributed by atoms with Gasteiger partial charge in [-0.25, -0.2) is 0 Å². The third kappa shape index (κ3) is 4.69. The lowest BCUT2D eigenvalue weighted by Crippen LogP contribution is -1.94. The summed E-state index contributed by atoms with van der Waals surface area (Å²) in [6.45, 7) is 18.3. The zero-order chi connectivity index (χ0) is 17.8. The second kappa shape index (κ2) is 11.5. The standard InChI is InChI=1S/C19H20.2C2H6/c1-5-10-16-14(4)15(7-3)17(11-6-2)19-13-9-8-12-18(16)19;2*1-2/h5-13H,3H2,1-2,4H3;2*1-2H3/b10-5-,11-6-;;. The Hall–Kier alpha value is -2.08. The van der Waals surface area contributed by atoms with Crippen LogP contribution in [0.5, 0.6) is 0 Å². The van der Waals surface area contributed by atoms with Gasteiger partial charge in [0.1, 0.15) is 0 Å². The second-order valence-electron chi connectivity index (χ2n) is 4.62. The van der Waals surface area contributed by atoms with E-state index in [4.69, 9.17) is 0 Å². The average Bonchev–Trinajstić information content (AvgIpc) is 2.62. The smallest absolute Gasteiger partial charge is 0.00993 e. The lowest BCUT2D eigenvalue weighted by Gasteiger charge is -2.15. The summed E-state index contributed by atoms with van der Waals surface area (Å²) in [6, 6.07) is 8.57. The zero-order valence-electron chi connectivity index (χ0n) is 15.9. The molecule has 124 valence electrons. The Kier molecular flexibility index (Phi) is 10.4. The third-order valence-corrected chi connectivity index (χ3v) is 3.48. The van der Waals surface area contributed by atoms with Crippen molar-refractivity contribution < 1.29 is 0 Å². The summed E-state index contributed by atoms with van der Waals surface area (Å²) in [4.78, 5) is 0. The quantitative estimate of drug-likeness (QED) is 0.540. The first kappa shape index (κ1) is 20.9. The summed E-state index contributed by atoms with van der Waals surface area (Å²) in [5.74, 6) is 0. The summed E-state index contributed by atoms with van der Waals surface area (Å²) in [5, 5.41) is 2.59. The highest BCUT2D eigenvalue weighted by molar-refractivity contribution is 6.00. The van der Waals surface area contributed by atoms with Gasteiger partial charge in [-0.3, -0.25) is 0 Å². The minimum atomic E-state index is 1.23. The number of rotatable bonds is 3. The van der Waals surface area contributed by atoms with Crippen LogP contribution in [0, 0.1) is 6.92 Å². The highest BCUT2D eigenvalue weighted by Crippen LogP contribution is 2.32. The fourth-order valence-electron chi connectivity index (χ4n) is 2.64. The maximum Gasteiger partial charge on any atom is -0.00993 e. The molecule has 0 bridgehead atoms. The molecule has 0 aromatic heterocycles. The summed E-state index contributed by atoms with van der Waals surface area (Å²) in [5.41, 5.74) is 5.07. The van der Waals surface area contributed by atoms with E-state index < -0.39 is 0 Å². The Bertz CT molecular complexity index is 670. The summed E-state index contributed by atoms with van der Waals surface area (Å²) < 4.78 is 0. The van der Waals surface area contributed by atoms with E-state index in [1.165, 1.54) is 33.0 Å². The topological polar surface area (TPSA) is 0 Å². The van der Waals surface area contributed by atoms with Gasteiger partial charge in [0.05, 0.1) is 0 Å². The first-order chi connectivity index (χ1) is 11.2. The van der Waals surface area contributed by atoms with Gasteiger partial charge in [-0.2, -0.15) is 0 Å². The van der Waals surface area contributed by atoms with Crippen molar-refractivity contribution in [2.45, 2.75) is 48.5 Å². The molecular weight excluding hydrogens is 276 g/mol. The lowest BCUT2D eigenvalue weighted by molar-refractivity contribution is 1.43. The van der Waals surface area contributed by atoms with Crippen molar-refractivity contribution in [2.75, 3.05) is 0 Å². The van der Waals surface area contributed by atoms with Gasteiger partial charge in [-0.1, -0.05) is 88.9 Å². The molecule has 0 saturated carbocycles. The largest absolute Gasteiger partial charge is 0.0984 e. The van der Waals surface area contributed by atoms with Crippen molar-refractivity contribution >= 4 is 29.0 Å². The molecule has 0 saturated heterocycles. The van der Waals surface area contributed by atoms with Crippen LogP contribution in [0.1, 0.15) is 63.8 Å². The van der Waals surface area contributed by atoms with Crippen LogP contribution >= 0.6 is 0 Å². The van der Waals surface area contributed by atoms with Crippen LogP contribution in [0.3, 0.4) is 0 Å². The molecule has 2 aromatic rings. The lowest BCUT2D eigenvalue weighted by atomic mass is 9.89. The van der Waals surface area contributed by atoms with Crippen molar-refractivity contribution in [1.29, 1.82) is 0 Å². The Balaban J connectivity index is 0.00000112. The van der Waals surface area contributed by atoms with Gasteiger partial charge in [0.15, 0.2) is 0 Å². The molecule has 2 aromatic carbocycles. The van der Waals surface area contributed by atoms with Crippen molar-refractivity contribution in [2.24, 2.45) is 0 Å². The number of fused-ring (bicyclic) bond motifs is 1. The van der Waals surface area contributed by atoms with Crippen LogP contribution < -0.4 is 0 Å². The molecule has 0 nitrogen and oxygen atoms in total. The Morgan fingerprint density at radius 2 is 1.17 bits per heavy atom. The van der Waals surface area contributed by atoms with Crippen LogP contribution in [0.25, 0.3) is 29.0 Å². The summed E-state index contributed by atoms with van der Waals surface area (Å²) in [7, 11) is 0. The molecule has 0 atom stereocenters. The predicted octanol–water partition coefficient (Wildman–Crippen LogP) is 7.91. The number of allylic oxidation sites excluding steroid dienone is 2. The molecule has 0 fully saturated rings. The normalized spacial score (nSPS) is 10.2. The van der Waals surface area contributed by atoms with E-state index in [2.05, 4.69) is 75.9 Å². The van der Waals surface area contributed by atoms with Crippen molar-refractivity contribution in [3.05, 3.63) is 65.3 Å². The molecule has 0 unspecified atom stereocenters. The highest BCUT2D eigenvalue weighted by atomic mass is 14.1. The van der Waals surface area contributed by atoms with Gasteiger partial charge in [0, 0.05) is 0 Å². The SMILES string of the molecule is C=Cc1c(C)c(/C=C\C)c2ccccc2c1/C=C\C.CC.CC. The maximum atomic E-state index is 3.98. The van der Waals surface area contributed by atoms with Gasteiger partial charge in [-0.05, 0) is 53.8 Å². The van der Waals surface area contributed by atoms with Gasteiger partial charge in [0.2, 0.25) is 0 Å². The van der Waals surface area contributed by atoms with Gasteiger partial charge < -0.3 is 0 Å². The van der Waals surface area contributed by atoms with E-state index >= 15 is 0 Å². The van der Waals surface area contributed by atoms with E-state index in [0.29, 0.717) is 0 Å². The van der Waals surface area contributed by atoms with Gasteiger partial charge in [0.25, 0.3) is 0 Å². The van der Waals surface area contributed by atoms with Crippen LogP contribution in [0.4, 0.5) is 0 Å². The highest BCUT2D eigenvalue weighted by Gasteiger charge is 2.11. The van der Waals surface area contributed by atoms with Gasteiger partial charge >= 0.3 is 0 Å². The number of benzene rings is 2. The Morgan fingerprint density at radius 3 is 1.61 bits per heavy atom. The number of hydrogen-bond donors (Lipinski definition) is 0. The molecule has 2 rings (SSSR count). The van der Waals surface area contributed by atoms with E-state index in [1.54, 1.807) is 0 Å². The van der Waals surface area contributed by atoms with E-state index in [0.717, 1.165) is 0 Å². The van der Waals surface area contributed by atoms with Crippen molar-refractivity contribution in [3.8, 4) is 0 Å². The maximum absolute atomic E-state index is 3.98. The third-order valence-electron chi connectivity index (χ3n) is 3.48. The van der Waals surface area contributed by atoms with E-state index in [9.17, 15) is 0 Å². The molecule has 0 heteroatoms. The van der Waals surface area contributed by atoms with Crippen LogP contribution in [-0.4, -0.2) is 0 Å². The van der Waals surface area contributed by atoms with E-state index in [1.807, 2.05) is 33.8 Å². The minimum Gasteiger partial charge on any atom is -0.0984 e. The fraction of sp³-hybridized carbons (Fsp3) is 0.304. The molecule has 0 N–H and O–H groups in total. The number of hydrogen-bond acceptors (Lipinski definition) is 0. The molecule has 0 spiro atoms. The van der Waals surface area contributed by atoms with Gasteiger partial charge in [-0.15, -0.1) is 0 Å². The van der Waals surface area contributed by atoms with Crippen LogP contribution in [0.2, 0.25) is 0 Å². The van der Waals surface area contributed by atoms with Crippen LogP contribution in [0.15, 0.2) is 43.0 Å². The molecule has 0 aliphatic heterocycles. The van der Waals surface area contributed by atoms with Crippen molar-refractivity contribution in [3.63, 3.8) is 0 Å².